The Morgan fingerprint density at radius 2 is 2.25 bits per heavy atom. The van der Waals surface area contributed by atoms with E-state index in [1.165, 1.54) is 0 Å². The Hall–Kier alpha value is -0.240. The molecule has 0 aromatic rings. The second-order valence-corrected chi connectivity index (χ2v) is 2.29. The summed E-state index contributed by atoms with van der Waals surface area (Å²) in [4.78, 5) is 3.87. The zero-order chi connectivity index (χ0) is 5.98. The molecule has 0 spiro atoms. The number of nitrogens with two attached hydrogens (primary N) is 1. The van der Waals surface area contributed by atoms with E-state index in [9.17, 15) is 0 Å². The Bertz CT molecular complexity index is 122. The number of hydrogen-bond donors (Lipinski definition) is 1. The van der Waals surface area contributed by atoms with Gasteiger partial charge in [0.25, 0.3) is 0 Å². The Kier molecular flexibility index (Phi) is 1.73. The fraction of sp³-hybridized carbons (Fsp3) is 0.800. The highest BCUT2D eigenvalue weighted by molar-refractivity contribution is 7.78. The zero-order valence-corrected chi connectivity index (χ0v) is 5.32. The van der Waals surface area contributed by atoms with Crippen molar-refractivity contribution in [3.05, 3.63) is 0 Å². The maximum atomic E-state index is 5.48. The number of hydrogen-bond acceptors (Lipinski definition) is 3. The lowest BCUT2D eigenvalue weighted by molar-refractivity contribution is 0.355. The summed E-state index contributed by atoms with van der Waals surface area (Å²) in [6.07, 6.45) is 1.98. The predicted molar refractivity (Wildman–Crippen MR) is 36.0 cm³/mol. The molecule has 0 unspecified atom stereocenters. The Labute approximate surface area is 53.8 Å². The Morgan fingerprint density at radius 3 is 2.62 bits per heavy atom. The molecule has 0 amide bonds. The molecular weight excluding hydrogens is 120 g/mol. The van der Waals surface area contributed by atoms with E-state index in [4.69, 9.17) is 5.73 Å². The molecule has 8 heavy (non-hydrogen) atoms. The van der Waals surface area contributed by atoms with Crippen molar-refractivity contribution in [1.29, 1.82) is 0 Å². The molecule has 2 N–H and O–H groups in total. The number of isothiocyanates is 1. The van der Waals surface area contributed by atoms with Crippen LogP contribution in [0, 0.1) is 0 Å². The molecule has 1 fully saturated rings. The fourth-order valence-corrected chi connectivity index (χ4v) is 0.959. The minimum atomic E-state index is 0.368. The molecule has 0 aromatic carbocycles. The summed E-state index contributed by atoms with van der Waals surface area (Å²) in [5, 5.41) is 2.34. The van der Waals surface area contributed by atoms with Crippen LogP contribution in [0.2, 0.25) is 0 Å². The van der Waals surface area contributed by atoms with Crippen molar-refractivity contribution < 1.29 is 0 Å². The van der Waals surface area contributed by atoms with E-state index in [1.807, 2.05) is 0 Å². The number of aliphatic imine (C=N–C) groups is 1. The van der Waals surface area contributed by atoms with E-state index in [1.54, 1.807) is 0 Å². The highest BCUT2D eigenvalue weighted by atomic mass is 32.1. The summed E-state index contributed by atoms with van der Waals surface area (Å²) in [6.45, 7) is 0. The largest absolute Gasteiger partial charge is 0.328 e. The second-order valence-electron chi connectivity index (χ2n) is 2.11. The lowest BCUT2D eigenvalue weighted by Gasteiger charge is -2.27. The van der Waals surface area contributed by atoms with E-state index in [-0.39, 0.29) is 0 Å². The van der Waals surface area contributed by atoms with E-state index in [0.717, 1.165) is 12.8 Å². The Balaban J connectivity index is 2.25. The van der Waals surface area contributed by atoms with E-state index < -0.39 is 0 Å². The van der Waals surface area contributed by atoms with Crippen molar-refractivity contribution in [3.63, 3.8) is 0 Å². The molecule has 0 saturated heterocycles. The molecule has 0 aromatic heterocycles. The van der Waals surface area contributed by atoms with Gasteiger partial charge in [0.15, 0.2) is 0 Å². The molecule has 1 aliphatic carbocycles. The van der Waals surface area contributed by atoms with Crippen molar-refractivity contribution >= 4 is 17.4 Å². The SMILES string of the molecule is NC1CC(N=C=S)C1. The highest BCUT2D eigenvalue weighted by Gasteiger charge is 2.24. The van der Waals surface area contributed by atoms with Gasteiger partial charge in [-0.25, -0.2) is 4.99 Å². The van der Waals surface area contributed by atoms with Gasteiger partial charge in [-0.2, -0.15) is 0 Å². The average molecular weight is 128 g/mol. The van der Waals surface area contributed by atoms with Gasteiger partial charge in [0, 0.05) is 6.04 Å². The third-order valence-corrected chi connectivity index (χ3v) is 1.49. The lowest BCUT2D eigenvalue weighted by atomic mass is 9.88. The maximum absolute atomic E-state index is 5.48. The first-order valence-corrected chi connectivity index (χ1v) is 3.06. The third kappa shape index (κ3) is 1.13. The zero-order valence-electron chi connectivity index (χ0n) is 4.50. The van der Waals surface area contributed by atoms with Gasteiger partial charge >= 0.3 is 0 Å². The summed E-state index contributed by atoms with van der Waals surface area (Å²) in [7, 11) is 0. The molecule has 44 valence electrons. The van der Waals surface area contributed by atoms with E-state index >= 15 is 0 Å². The number of nitrogens with zero attached hydrogens (tertiary/aromatic N) is 1. The van der Waals surface area contributed by atoms with Crippen LogP contribution < -0.4 is 5.73 Å². The van der Waals surface area contributed by atoms with Gasteiger partial charge in [0.1, 0.15) is 0 Å². The normalized spacial score (nSPS) is 35.1. The molecular formula is C5H8N2S. The Morgan fingerprint density at radius 1 is 1.62 bits per heavy atom. The monoisotopic (exact) mass is 128 g/mol. The van der Waals surface area contributed by atoms with Gasteiger partial charge in [-0.05, 0) is 25.1 Å². The molecule has 0 aliphatic heterocycles. The fourth-order valence-electron chi connectivity index (χ4n) is 0.810. The van der Waals surface area contributed by atoms with Crippen molar-refractivity contribution in [2.24, 2.45) is 10.7 Å². The van der Waals surface area contributed by atoms with Crippen molar-refractivity contribution in [2.75, 3.05) is 0 Å². The molecule has 1 rings (SSSR count). The van der Waals surface area contributed by atoms with Gasteiger partial charge in [-0.3, -0.25) is 0 Å². The molecule has 1 aliphatic rings. The van der Waals surface area contributed by atoms with Crippen molar-refractivity contribution in [3.8, 4) is 0 Å². The van der Waals surface area contributed by atoms with Crippen LogP contribution >= 0.6 is 12.2 Å². The van der Waals surface area contributed by atoms with Gasteiger partial charge in [0.2, 0.25) is 0 Å². The summed E-state index contributed by atoms with van der Waals surface area (Å²) < 4.78 is 0. The van der Waals surface area contributed by atoms with E-state index in [0.29, 0.717) is 12.1 Å². The first-order chi connectivity index (χ1) is 3.83. The van der Waals surface area contributed by atoms with Crippen molar-refractivity contribution in [1.82, 2.24) is 0 Å². The topological polar surface area (TPSA) is 38.4 Å². The van der Waals surface area contributed by atoms with Gasteiger partial charge < -0.3 is 5.73 Å². The van der Waals surface area contributed by atoms with Crippen LogP contribution in [0.5, 0.6) is 0 Å². The summed E-state index contributed by atoms with van der Waals surface area (Å²) in [6, 6.07) is 0.759. The quantitative estimate of drug-likeness (QED) is 0.414. The summed E-state index contributed by atoms with van der Waals surface area (Å²) in [5.41, 5.74) is 5.48. The van der Waals surface area contributed by atoms with Gasteiger partial charge in [-0.15, -0.1) is 0 Å². The third-order valence-electron chi connectivity index (χ3n) is 1.38. The van der Waals surface area contributed by atoms with Crippen LogP contribution in [0.1, 0.15) is 12.8 Å². The first kappa shape index (κ1) is 5.89. The van der Waals surface area contributed by atoms with Crippen molar-refractivity contribution in [2.45, 2.75) is 24.9 Å². The molecule has 0 heterocycles. The predicted octanol–water partition coefficient (Wildman–Crippen LogP) is 0.579. The standard InChI is InChI=1S/C5H8N2S/c6-4-1-5(2-4)7-3-8/h4-5H,1-2,6H2. The van der Waals surface area contributed by atoms with Crippen LogP contribution in [0.25, 0.3) is 0 Å². The van der Waals surface area contributed by atoms with Gasteiger partial charge in [-0.1, -0.05) is 0 Å². The summed E-state index contributed by atoms with van der Waals surface area (Å²) in [5.74, 6) is 0. The molecule has 1 saturated carbocycles. The van der Waals surface area contributed by atoms with Gasteiger partial charge in [0.05, 0.1) is 11.2 Å². The minimum Gasteiger partial charge on any atom is -0.328 e. The molecule has 0 radical (unpaired) electrons. The smallest absolute Gasteiger partial charge is 0.0632 e. The minimum absolute atomic E-state index is 0.368. The molecule has 0 atom stereocenters. The summed E-state index contributed by atoms with van der Waals surface area (Å²) >= 11 is 4.41. The van der Waals surface area contributed by atoms with Crippen LogP contribution in [-0.4, -0.2) is 17.2 Å². The maximum Gasteiger partial charge on any atom is 0.0632 e. The molecule has 0 bridgehead atoms. The van der Waals surface area contributed by atoms with Crippen LogP contribution in [0.4, 0.5) is 0 Å². The molecule has 2 nitrogen and oxygen atoms in total. The van der Waals surface area contributed by atoms with Crippen LogP contribution in [0.15, 0.2) is 4.99 Å². The lowest BCUT2D eigenvalue weighted by Crippen LogP contribution is -2.38. The molecule has 3 heteroatoms. The van der Waals surface area contributed by atoms with E-state index in [2.05, 4.69) is 22.4 Å². The average Bonchev–Trinajstić information content (AvgIpc) is 1.64. The van der Waals surface area contributed by atoms with Crippen LogP contribution in [0.3, 0.4) is 0 Å². The number of rotatable bonds is 1. The second kappa shape index (κ2) is 2.35. The highest BCUT2D eigenvalue weighted by Crippen LogP contribution is 2.20. The van der Waals surface area contributed by atoms with Crippen LogP contribution in [-0.2, 0) is 0 Å². The first-order valence-electron chi connectivity index (χ1n) is 2.65. The number of thiocarbonyl (C=S) groups is 1.